The van der Waals surface area contributed by atoms with E-state index in [-0.39, 0.29) is 0 Å². The van der Waals surface area contributed by atoms with E-state index < -0.39 is 0 Å². The van der Waals surface area contributed by atoms with Gasteiger partial charge in [0.1, 0.15) is 22.3 Å². The van der Waals surface area contributed by atoms with Crippen molar-refractivity contribution in [1.82, 2.24) is 4.57 Å². The second kappa shape index (κ2) is 14.0. The van der Waals surface area contributed by atoms with Gasteiger partial charge in [-0.05, 0) is 114 Å². The molecule has 6 heteroatoms. The van der Waals surface area contributed by atoms with E-state index in [1.165, 1.54) is 44.1 Å². The summed E-state index contributed by atoms with van der Waals surface area (Å²) in [6.45, 7) is 0. The predicted molar refractivity (Wildman–Crippen MR) is 240 cm³/mol. The van der Waals surface area contributed by atoms with Crippen molar-refractivity contribution in [2.75, 3.05) is 0 Å². The lowest BCUT2D eigenvalue weighted by molar-refractivity contribution is 0.668. The highest BCUT2D eigenvalue weighted by Gasteiger charge is 2.16. The van der Waals surface area contributed by atoms with Crippen LogP contribution in [0.15, 0.2) is 192 Å². The fourth-order valence-corrected chi connectivity index (χ4v) is 8.96. The van der Waals surface area contributed by atoms with Gasteiger partial charge in [-0.15, -0.1) is 0 Å². The molecule has 0 aliphatic heterocycles. The summed E-state index contributed by atoms with van der Waals surface area (Å²) in [4.78, 5) is 0. The molecule has 55 heavy (non-hydrogen) atoms. The Kier molecular flexibility index (Phi) is 8.70. The van der Waals surface area contributed by atoms with E-state index in [0.717, 1.165) is 69.4 Å². The predicted octanol–water partition coefficient (Wildman–Crippen LogP) is 15.8. The van der Waals surface area contributed by atoms with Crippen LogP contribution in [-0.4, -0.2) is 4.57 Å². The Bertz CT molecular complexity index is 3090. The Morgan fingerprint density at radius 2 is 0.745 bits per heavy atom. The summed E-state index contributed by atoms with van der Waals surface area (Å²) in [5, 5.41) is 7.08. The monoisotopic (exact) mass is 901 g/mol. The van der Waals surface area contributed by atoms with Crippen LogP contribution in [0.1, 0.15) is 11.1 Å². The van der Waals surface area contributed by atoms with E-state index in [1.54, 1.807) is 0 Å². The molecule has 264 valence electrons. The Labute approximate surface area is 342 Å². The molecule has 0 bridgehead atoms. The molecule has 0 N–H and O–H groups in total. The summed E-state index contributed by atoms with van der Waals surface area (Å²) in [7, 11) is 0. The van der Waals surface area contributed by atoms with Gasteiger partial charge in [0, 0.05) is 51.4 Å². The number of para-hydroxylation sites is 2. The van der Waals surface area contributed by atoms with Crippen molar-refractivity contribution in [3.63, 3.8) is 0 Å². The fourth-order valence-electron chi connectivity index (χ4n) is 7.88. The van der Waals surface area contributed by atoms with Crippen molar-refractivity contribution in [3.8, 4) is 16.8 Å². The van der Waals surface area contributed by atoms with Gasteiger partial charge in [-0.3, -0.25) is 0 Å². The van der Waals surface area contributed by atoms with Crippen molar-refractivity contribution in [2.45, 2.75) is 6.42 Å². The Balaban J connectivity index is 0.000000112. The number of rotatable bonds is 1. The third-order valence-electron chi connectivity index (χ3n) is 10.4. The zero-order chi connectivity index (χ0) is 37.0. The maximum absolute atomic E-state index is 6.02. The second-order valence-electron chi connectivity index (χ2n) is 13.7. The molecule has 1 aliphatic rings. The topological polar surface area (TPSA) is 31.2 Å². The molecule has 0 unspecified atom stereocenters. The number of hydrogen-bond acceptors (Lipinski definition) is 2. The van der Waals surface area contributed by atoms with Crippen LogP contribution in [0.25, 0.3) is 82.5 Å². The highest BCUT2D eigenvalue weighted by Crippen LogP contribution is 2.38. The number of fused-ring (bicyclic) bond motifs is 12. The van der Waals surface area contributed by atoms with Crippen LogP contribution in [-0.2, 0) is 6.42 Å². The van der Waals surface area contributed by atoms with Crippen LogP contribution < -0.4 is 0 Å². The first-order valence-corrected chi connectivity index (χ1v) is 20.4. The van der Waals surface area contributed by atoms with E-state index in [4.69, 9.17) is 8.83 Å². The molecule has 3 aromatic heterocycles. The Morgan fingerprint density at radius 3 is 1.22 bits per heavy atom. The highest BCUT2D eigenvalue weighted by molar-refractivity contribution is 9.11. The summed E-state index contributed by atoms with van der Waals surface area (Å²) >= 11 is 10.5. The first-order chi connectivity index (χ1) is 27.0. The highest BCUT2D eigenvalue weighted by atomic mass is 79.9. The van der Waals surface area contributed by atoms with E-state index >= 15 is 0 Å². The van der Waals surface area contributed by atoms with Crippen LogP contribution in [0.3, 0.4) is 0 Å². The molecule has 0 fully saturated rings. The van der Waals surface area contributed by atoms with Crippen molar-refractivity contribution in [2.24, 2.45) is 0 Å². The molecule has 0 saturated heterocycles. The maximum atomic E-state index is 6.02. The fraction of sp³-hybridized carbons (Fsp3) is 0.0204. The average Bonchev–Trinajstić information content (AvgIpc) is 3.97. The van der Waals surface area contributed by atoms with Crippen LogP contribution in [0.2, 0.25) is 0 Å². The van der Waals surface area contributed by atoms with Crippen molar-refractivity contribution < 1.29 is 8.83 Å². The van der Waals surface area contributed by atoms with Crippen molar-refractivity contribution in [1.29, 1.82) is 0 Å². The molecule has 12 rings (SSSR count). The summed E-state index contributed by atoms with van der Waals surface area (Å²) < 4.78 is 17.3. The molecule has 0 amide bonds. The number of hydrogen-bond donors (Lipinski definition) is 0. The summed E-state index contributed by atoms with van der Waals surface area (Å²) in [5.74, 6) is 0. The van der Waals surface area contributed by atoms with Crippen LogP contribution >= 0.6 is 47.8 Å². The van der Waals surface area contributed by atoms with Crippen LogP contribution in [0, 0.1) is 0 Å². The molecule has 0 spiro atoms. The number of halogens is 3. The molecule has 3 nitrogen and oxygen atoms in total. The number of nitrogens with zero attached hydrogens (tertiary/aromatic N) is 1. The zero-order valence-electron chi connectivity index (χ0n) is 29.3. The summed E-state index contributed by atoms with van der Waals surface area (Å²) in [6, 6.07) is 59.1. The van der Waals surface area contributed by atoms with Gasteiger partial charge in [0.15, 0.2) is 0 Å². The molecule has 8 aromatic carbocycles. The molecule has 1 aliphatic carbocycles. The molecular weight excluding hydrogens is 874 g/mol. The van der Waals surface area contributed by atoms with Gasteiger partial charge in [-0.1, -0.05) is 133 Å². The van der Waals surface area contributed by atoms with Crippen molar-refractivity contribution in [3.05, 3.63) is 194 Å². The van der Waals surface area contributed by atoms with E-state index in [9.17, 15) is 0 Å². The average molecular weight is 904 g/mol. The summed E-state index contributed by atoms with van der Waals surface area (Å²) in [6.07, 6.45) is 1.10. The maximum Gasteiger partial charge on any atom is 0.135 e. The minimum Gasteiger partial charge on any atom is -0.456 e. The van der Waals surface area contributed by atoms with Gasteiger partial charge in [-0.2, -0.15) is 0 Å². The molecule has 3 heterocycles. The van der Waals surface area contributed by atoms with E-state index in [1.807, 2.05) is 36.4 Å². The van der Waals surface area contributed by atoms with Gasteiger partial charge in [0.2, 0.25) is 0 Å². The molecule has 0 atom stereocenters. The second-order valence-corrected chi connectivity index (χ2v) is 16.4. The first kappa shape index (κ1) is 34.1. The number of benzene rings is 8. The van der Waals surface area contributed by atoms with Crippen molar-refractivity contribution >= 4 is 113 Å². The lowest BCUT2D eigenvalue weighted by Gasteiger charge is -2.07. The SMILES string of the molecule is Brc1ccc2oc3ccc(-n4c5ccccc5c5ccccc54)cc3c2c1.Brc1ccc2oc3ccc(Br)cc3c2c1.c1ccc2c(c1)Cc1ccccc1-2. The molecule has 0 radical (unpaired) electrons. The van der Waals surface area contributed by atoms with Crippen LogP contribution in [0.5, 0.6) is 0 Å². The van der Waals surface area contributed by atoms with Gasteiger partial charge < -0.3 is 13.4 Å². The Hall–Kier alpha value is -5.40. The zero-order valence-corrected chi connectivity index (χ0v) is 34.0. The lowest BCUT2D eigenvalue weighted by Crippen LogP contribution is -1.93. The third-order valence-corrected chi connectivity index (χ3v) is 11.8. The summed E-state index contributed by atoms with van der Waals surface area (Å²) in [5.41, 5.74) is 13.0. The standard InChI is InChI=1S/C24H14BrNO.C13H10.C12H6Br2O/c25-15-9-11-23-19(13-15)20-14-16(10-12-24(20)27-23)26-21-7-3-1-5-17(21)18-6-2-4-8-22(18)26;1-3-7-12-10(5-1)9-11-6-2-4-8-13(11)12;13-7-1-3-11-9(5-7)10-6-8(14)2-4-12(10)15-11/h1-14H;1-8H,9H2;1-6H. The molecule has 0 saturated carbocycles. The molecule has 11 aromatic rings. The normalized spacial score (nSPS) is 11.8. The Morgan fingerprint density at radius 1 is 0.364 bits per heavy atom. The number of aromatic nitrogens is 1. The lowest BCUT2D eigenvalue weighted by atomic mass is 10.1. The quantitative estimate of drug-likeness (QED) is 0.164. The van der Waals surface area contributed by atoms with Gasteiger partial charge >= 0.3 is 0 Å². The molecular formula is C49H30Br3NO2. The minimum atomic E-state index is 0.910. The number of furan rings is 2. The van der Waals surface area contributed by atoms with Gasteiger partial charge in [0.05, 0.1) is 11.0 Å². The van der Waals surface area contributed by atoms with Gasteiger partial charge in [0.25, 0.3) is 0 Å². The smallest absolute Gasteiger partial charge is 0.135 e. The van der Waals surface area contributed by atoms with E-state index in [2.05, 4.69) is 186 Å². The third kappa shape index (κ3) is 6.19. The minimum absolute atomic E-state index is 0.910. The van der Waals surface area contributed by atoms with E-state index in [0.29, 0.717) is 0 Å². The van der Waals surface area contributed by atoms with Crippen LogP contribution in [0.4, 0.5) is 0 Å². The largest absolute Gasteiger partial charge is 0.456 e. The van der Waals surface area contributed by atoms with Gasteiger partial charge in [-0.25, -0.2) is 0 Å². The first-order valence-electron chi connectivity index (χ1n) is 18.0.